The van der Waals surface area contributed by atoms with Crippen LogP contribution in [0.15, 0.2) is 42.7 Å². The molecule has 2 amide bonds. The Morgan fingerprint density at radius 3 is 2.38 bits per heavy atom. The Morgan fingerprint density at radius 2 is 1.75 bits per heavy atom. The number of benzene rings is 1. The van der Waals surface area contributed by atoms with Gasteiger partial charge < -0.3 is 15.6 Å². The number of amides is 2. The van der Waals surface area contributed by atoms with Crippen LogP contribution in [0, 0.1) is 0 Å². The first-order valence-corrected chi connectivity index (χ1v) is 5.08. The molecule has 0 aliphatic heterocycles. The molecule has 16 heavy (non-hydrogen) atoms. The largest absolute Gasteiger partial charge is 0.366 e. The maximum Gasteiger partial charge on any atom is 0.323 e. The van der Waals surface area contributed by atoms with Gasteiger partial charge in [0.1, 0.15) is 0 Å². The fourth-order valence-corrected chi connectivity index (χ4v) is 1.35. The quantitative estimate of drug-likeness (QED) is 0.735. The molecule has 2 aromatic rings. The number of halogens is 1. The minimum absolute atomic E-state index is 0.290. The van der Waals surface area contributed by atoms with Gasteiger partial charge in [-0.2, -0.15) is 0 Å². The molecular formula is C11H10ClN3O. The topological polar surface area (TPSA) is 56.9 Å². The minimum atomic E-state index is -0.290. The van der Waals surface area contributed by atoms with E-state index >= 15 is 0 Å². The Morgan fingerprint density at radius 1 is 1.06 bits per heavy atom. The molecule has 0 saturated heterocycles. The predicted octanol–water partition coefficient (Wildman–Crippen LogP) is 3.31. The van der Waals surface area contributed by atoms with E-state index in [1.165, 1.54) is 0 Å². The Hall–Kier alpha value is -1.94. The number of aromatic nitrogens is 1. The highest BCUT2D eigenvalue weighted by molar-refractivity contribution is 6.30. The molecule has 5 heteroatoms. The van der Waals surface area contributed by atoms with Crippen LogP contribution >= 0.6 is 11.6 Å². The van der Waals surface area contributed by atoms with Crippen molar-refractivity contribution in [1.29, 1.82) is 0 Å². The zero-order valence-electron chi connectivity index (χ0n) is 8.33. The van der Waals surface area contributed by atoms with E-state index in [0.29, 0.717) is 16.4 Å². The smallest absolute Gasteiger partial charge is 0.323 e. The van der Waals surface area contributed by atoms with Crippen LogP contribution < -0.4 is 10.6 Å². The van der Waals surface area contributed by atoms with Crippen molar-refractivity contribution in [2.24, 2.45) is 0 Å². The first kappa shape index (κ1) is 10.6. The number of carbonyl (C=O) groups excluding carboxylic acids is 1. The SMILES string of the molecule is O=C(Nc1ccc(Cl)cc1)Nc1cc[nH]c1. The third kappa shape index (κ3) is 2.77. The summed E-state index contributed by atoms with van der Waals surface area (Å²) in [5.74, 6) is 0. The second kappa shape index (κ2) is 4.72. The third-order valence-electron chi connectivity index (χ3n) is 1.96. The van der Waals surface area contributed by atoms with Gasteiger partial charge >= 0.3 is 6.03 Å². The first-order valence-electron chi connectivity index (χ1n) is 4.70. The molecule has 0 bridgehead atoms. The molecule has 1 heterocycles. The van der Waals surface area contributed by atoms with Crippen LogP contribution in [0.3, 0.4) is 0 Å². The Kier molecular flexibility index (Phi) is 3.12. The van der Waals surface area contributed by atoms with Gasteiger partial charge in [0, 0.05) is 23.1 Å². The van der Waals surface area contributed by atoms with E-state index in [-0.39, 0.29) is 6.03 Å². The molecule has 0 aliphatic carbocycles. The summed E-state index contributed by atoms with van der Waals surface area (Å²) >= 11 is 5.73. The van der Waals surface area contributed by atoms with E-state index in [1.807, 2.05) is 0 Å². The van der Waals surface area contributed by atoms with Crippen LogP contribution in [0.25, 0.3) is 0 Å². The van der Waals surface area contributed by atoms with Crippen LogP contribution in [0.2, 0.25) is 5.02 Å². The van der Waals surface area contributed by atoms with E-state index < -0.39 is 0 Å². The average Bonchev–Trinajstić information content (AvgIpc) is 2.74. The van der Waals surface area contributed by atoms with Gasteiger partial charge in [-0.1, -0.05) is 11.6 Å². The maximum absolute atomic E-state index is 11.5. The molecule has 1 aromatic carbocycles. The molecule has 0 spiro atoms. The second-order valence-electron chi connectivity index (χ2n) is 3.19. The summed E-state index contributed by atoms with van der Waals surface area (Å²) in [6.07, 6.45) is 3.43. The summed E-state index contributed by atoms with van der Waals surface area (Å²) in [7, 11) is 0. The molecule has 3 N–H and O–H groups in total. The van der Waals surface area contributed by atoms with E-state index in [0.717, 1.165) is 0 Å². The summed E-state index contributed by atoms with van der Waals surface area (Å²) in [5.41, 5.74) is 1.41. The second-order valence-corrected chi connectivity index (χ2v) is 3.62. The maximum atomic E-state index is 11.5. The van der Waals surface area contributed by atoms with Gasteiger partial charge in [-0.3, -0.25) is 0 Å². The molecular weight excluding hydrogens is 226 g/mol. The molecule has 0 aliphatic rings. The fourth-order valence-electron chi connectivity index (χ4n) is 1.23. The number of nitrogens with one attached hydrogen (secondary N) is 3. The molecule has 0 unspecified atom stereocenters. The van der Waals surface area contributed by atoms with Crippen molar-refractivity contribution in [2.45, 2.75) is 0 Å². The van der Waals surface area contributed by atoms with Gasteiger partial charge in [-0.15, -0.1) is 0 Å². The van der Waals surface area contributed by atoms with E-state index in [2.05, 4.69) is 15.6 Å². The van der Waals surface area contributed by atoms with Crippen molar-refractivity contribution < 1.29 is 4.79 Å². The standard InChI is InChI=1S/C11H10ClN3O/c12-8-1-3-9(4-2-8)14-11(16)15-10-5-6-13-7-10/h1-7,13H,(H2,14,15,16). The number of rotatable bonds is 2. The molecule has 0 atom stereocenters. The molecule has 0 fully saturated rings. The van der Waals surface area contributed by atoms with Crippen LogP contribution in [-0.4, -0.2) is 11.0 Å². The Balaban J connectivity index is 1.95. The monoisotopic (exact) mass is 235 g/mol. The molecule has 0 radical (unpaired) electrons. The van der Waals surface area contributed by atoms with Gasteiger partial charge in [-0.05, 0) is 30.3 Å². The average molecular weight is 236 g/mol. The van der Waals surface area contributed by atoms with Gasteiger partial charge in [0.05, 0.1) is 5.69 Å². The van der Waals surface area contributed by atoms with Gasteiger partial charge in [0.15, 0.2) is 0 Å². The van der Waals surface area contributed by atoms with Crippen LogP contribution in [-0.2, 0) is 0 Å². The van der Waals surface area contributed by atoms with Gasteiger partial charge in [-0.25, -0.2) is 4.79 Å². The lowest BCUT2D eigenvalue weighted by molar-refractivity contribution is 0.262. The molecule has 2 rings (SSSR count). The summed E-state index contributed by atoms with van der Waals surface area (Å²) in [6.45, 7) is 0. The number of urea groups is 1. The van der Waals surface area contributed by atoms with Gasteiger partial charge in [0.25, 0.3) is 0 Å². The van der Waals surface area contributed by atoms with Crippen molar-refractivity contribution in [3.8, 4) is 0 Å². The highest BCUT2D eigenvalue weighted by Gasteiger charge is 2.02. The number of hydrogen-bond acceptors (Lipinski definition) is 1. The Bertz CT molecular complexity index is 464. The van der Waals surface area contributed by atoms with Crippen molar-refractivity contribution in [1.82, 2.24) is 4.98 Å². The molecule has 1 aromatic heterocycles. The minimum Gasteiger partial charge on any atom is -0.366 e. The Labute approximate surface area is 97.6 Å². The molecule has 0 saturated carbocycles. The van der Waals surface area contributed by atoms with Crippen molar-refractivity contribution in [3.63, 3.8) is 0 Å². The summed E-state index contributed by atoms with van der Waals surface area (Å²) in [5, 5.41) is 5.99. The predicted molar refractivity (Wildman–Crippen MR) is 64.9 cm³/mol. The zero-order valence-corrected chi connectivity index (χ0v) is 9.08. The van der Waals surface area contributed by atoms with E-state index in [1.54, 1.807) is 42.7 Å². The highest BCUT2D eigenvalue weighted by atomic mass is 35.5. The van der Waals surface area contributed by atoms with Crippen LogP contribution in [0.5, 0.6) is 0 Å². The number of hydrogen-bond donors (Lipinski definition) is 3. The van der Waals surface area contributed by atoms with Crippen LogP contribution in [0.1, 0.15) is 0 Å². The normalized spacial score (nSPS) is 9.81. The lowest BCUT2D eigenvalue weighted by Crippen LogP contribution is -2.18. The first-order chi connectivity index (χ1) is 7.74. The lowest BCUT2D eigenvalue weighted by atomic mass is 10.3. The molecule has 82 valence electrons. The summed E-state index contributed by atoms with van der Waals surface area (Å²) in [4.78, 5) is 14.3. The van der Waals surface area contributed by atoms with Crippen molar-refractivity contribution >= 4 is 29.0 Å². The summed E-state index contributed by atoms with van der Waals surface area (Å²) < 4.78 is 0. The summed E-state index contributed by atoms with van der Waals surface area (Å²) in [6, 6.07) is 8.38. The number of H-pyrrole nitrogens is 1. The highest BCUT2D eigenvalue weighted by Crippen LogP contribution is 2.13. The molecule has 4 nitrogen and oxygen atoms in total. The third-order valence-corrected chi connectivity index (χ3v) is 2.21. The zero-order chi connectivity index (χ0) is 11.4. The van der Waals surface area contributed by atoms with Crippen molar-refractivity contribution in [3.05, 3.63) is 47.7 Å². The fraction of sp³-hybridized carbons (Fsp3) is 0. The van der Waals surface area contributed by atoms with E-state index in [4.69, 9.17) is 11.6 Å². The number of anilines is 2. The lowest BCUT2D eigenvalue weighted by Gasteiger charge is -2.05. The number of carbonyl (C=O) groups is 1. The van der Waals surface area contributed by atoms with Crippen LogP contribution in [0.4, 0.5) is 16.2 Å². The number of aromatic amines is 1. The van der Waals surface area contributed by atoms with Crippen molar-refractivity contribution in [2.75, 3.05) is 10.6 Å². The van der Waals surface area contributed by atoms with Gasteiger partial charge in [0.2, 0.25) is 0 Å². The van der Waals surface area contributed by atoms with E-state index in [9.17, 15) is 4.79 Å².